The minimum absolute atomic E-state index is 0.177. The molecular weight excluding hydrogens is 361 g/mol. The van der Waals surface area contributed by atoms with E-state index in [4.69, 9.17) is 0 Å². The number of guanidine groups is 1. The number of nitrogens with one attached hydrogen (secondary N) is 2. The molecule has 1 saturated carbocycles. The van der Waals surface area contributed by atoms with Gasteiger partial charge < -0.3 is 10.6 Å². The Balaban J connectivity index is 1.82. The lowest BCUT2D eigenvalue weighted by Crippen LogP contribution is -2.44. The van der Waals surface area contributed by atoms with Crippen molar-refractivity contribution in [3.8, 4) is 0 Å². The second kappa shape index (κ2) is 9.43. The van der Waals surface area contributed by atoms with Gasteiger partial charge in [-0.15, -0.1) is 0 Å². The summed E-state index contributed by atoms with van der Waals surface area (Å²) in [5.74, 6) is 0.817. The van der Waals surface area contributed by atoms with Crippen molar-refractivity contribution in [1.82, 2.24) is 10.6 Å². The second-order valence-electron chi connectivity index (χ2n) is 5.98. The van der Waals surface area contributed by atoms with Crippen LogP contribution in [-0.4, -0.2) is 50.8 Å². The van der Waals surface area contributed by atoms with E-state index in [9.17, 15) is 12.8 Å². The van der Waals surface area contributed by atoms with E-state index in [1.54, 1.807) is 7.05 Å². The van der Waals surface area contributed by atoms with E-state index in [-0.39, 0.29) is 17.2 Å². The number of thioether (sulfide) groups is 1. The van der Waals surface area contributed by atoms with Crippen molar-refractivity contribution < 1.29 is 12.8 Å². The molecule has 0 aliphatic heterocycles. The Hall–Kier alpha value is -1.28. The molecule has 1 aliphatic rings. The molecule has 0 radical (unpaired) electrons. The van der Waals surface area contributed by atoms with Crippen LogP contribution in [0.1, 0.15) is 26.2 Å². The van der Waals surface area contributed by atoms with Crippen molar-refractivity contribution in [2.24, 2.45) is 4.99 Å². The molecule has 2 rings (SSSR count). The van der Waals surface area contributed by atoms with Gasteiger partial charge in [0, 0.05) is 24.9 Å². The van der Waals surface area contributed by atoms with Crippen molar-refractivity contribution in [3.05, 3.63) is 30.1 Å². The molecule has 2 atom stereocenters. The van der Waals surface area contributed by atoms with Crippen LogP contribution in [0.5, 0.6) is 0 Å². The third kappa shape index (κ3) is 5.88. The average Bonchev–Trinajstić information content (AvgIpc) is 3.01. The largest absolute Gasteiger partial charge is 0.355 e. The number of aliphatic imine (C=N–C) groups is 1. The molecule has 0 amide bonds. The van der Waals surface area contributed by atoms with E-state index in [1.165, 1.54) is 24.6 Å². The number of benzene rings is 1. The van der Waals surface area contributed by atoms with Gasteiger partial charge in [-0.05, 0) is 37.1 Å². The van der Waals surface area contributed by atoms with Crippen LogP contribution in [0.15, 0.2) is 34.2 Å². The van der Waals surface area contributed by atoms with Crippen LogP contribution in [0.4, 0.5) is 4.39 Å². The first-order valence-corrected chi connectivity index (χ1v) is 11.2. The topological polar surface area (TPSA) is 70.6 Å². The number of hydrogen-bond acceptors (Lipinski definition) is 4. The third-order valence-corrected chi connectivity index (χ3v) is 7.16. The molecule has 2 unspecified atom stereocenters. The summed E-state index contributed by atoms with van der Waals surface area (Å²) in [6.45, 7) is 2.35. The van der Waals surface area contributed by atoms with Crippen molar-refractivity contribution in [3.63, 3.8) is 0 Å². The molecule has 1 aliphatic carbocycles. The van der Waals surface area contributed by atoms with E-state index in [0.717, 1.165) is 24.7 Å². The molecule has 2 N–H and O–H groups in total. The molecule has 1 fully saturated rings. The summed E-state index contributed by atoms with van der Waals surface area (Å²) >= 11 is 1.98. The number of rotatable bonds is 7. The molecule has 0 bridgehead atoms. The molecule has 0 saturated heterocycles. The smallest absolute Gasteiger partial charge is 0.191 e. The maximum atomic E-state index is 13.7. The van der Waals surface area contributed by atoms with Gasteiger partial charge in [-0.2, -0.15) is 11.8 Å². The molecule has 0 aromatic heterocycles. The van der Waals surface area contributed by atoms with Crippen LogP contribution in [-0.2, 0) is 9.84 Å². The average molecular weight is 388 g/mol. The van der Waals surface area contributed by atoms with Crippen LogP contribution >= 0.6 is 11.8 Å². The van der Waals surface area contributed by atoms with Gasteiger partial charge in [0.05, 0.1) is 5.75 Å². The highest BCUT2D eigenvalue weighted by atomic mass is 32.2. The summed E-state index contributed by atoms with van der Waals surface area (Å²) < 4.78 is 38.1. The zero-order valence-corrected chi connectivity index (χ0v) is 16.3. The summed E-state index contributed by atoms with van der Waals surface area (Å²) in [7, 11) is -2.00. The third-order valence-electron chi connectivity index (χ3n) is 4.19. The molecule has 25 heavy (non-hydrogen) atoms. The summed E-state index contributed by atoms with van der Waals surface area (Å²) in [5, 5.41) is 7.05. The Morgan fingerprint density at radius 2 is 2.12 bits per heavy atom. The zero-order valence-electron chi connectivity index (χ0n) is 14.7. The van der Waals surface area contributed by atoms with E-state index < -0.39 is 15.7 Å². The van der Waals surface area contributed by atoms with Gasteiger partial charge >= 0.3 is 0 Å². The molecule has 1 aromatic rings. The first-order chi connectivity index (χ1) is 12.0. The summed E-state index contributed by atoms with van der Waals surface area (Å²) in [4.78, 5) is 3.90. The van der Waals surface area contributed by atoms with Crippen molar-refractivity contribution in [2.45, 2.75) is 42.4 Å². The van der Waals surface area contributed by atoms with Gasteiger partial charge in [0.2, 0.25) is 0 Å². The SMILES string of the molecule is CCSC1CCC(NC(=NC)NCCS(=O)(=O)c2ccccc2F)C1. The first-order valence-electron chi connectivity index (χ1n) is 8.52. The summed E-state index contributed by atoms with van der Waals surface area (Å²) in [5.41, 5.74) is 0. The second-order valence-corrected chi connectivity index (χ2v) is 9.63. The van der Waals surface area contributed by atoms with Crippen LogP contribution in [0, 0.1) is 5.82 Å². The highest BCUT2D eigenvalue weighted by Crippen LogP contribution is 2.29. The van der Waals surface area contributed by atoms with Gasteiger partial charge in [0.25, 0.3) is 0 Å². The molecule has 8 heteroatoms. The fourth-order valence-corrected chi connectivity index (χ4v) is 5.34. The van der Waals surface area contributed by atoms with E-state index >= 15 is 0 Å². The van der Waals surface area contributed by atoms with E-state index in [0.29, 0.717) is 17.3 Å². The van der Waals surface area contributed by atoms with E-state index in [1.807, 2.05) is 11.8 Å². The van der Waals surface area contributed by atoms with Crippen molar-refractivity contribution >= 4 is 27.6 Å². The van der Waals surface area contributed by atoms with Gasteiger partial charge in [-0.3, -0.25) is 4.99 Å². The van der Waals surface area contributed by atoms with Crippen LogP contribution in [0.25, 0.3) is 0 Å². The first kappa shape index (κ1) is 20.0. The monoisotopic (exact) mass is 387 g/mol. The predicted octanol–water partition coefficient (Wildman–Crippen LogP) is 2.44. The summed E-state index contributed by atoms with van der Waals surface area (Å²) in [6, 6.07) is 5.81. The Labute approximate surface area is 153 Å². The highest BCUT2D eigenvalue weighted by Gasteiger charge is 2.25. The number of sulfone groups is 1. The van der Waals surface area contributed by atoms with Gasteiger partial charge in [-0.1, -0.05) is 19.1 Å². The molecule has 0 spiro atoms. The highest BCUT2D eigenvalue weighted by molar-refractivity contribution is 7.99. The molecule has 5 nitrogen and oxygen atoms in total. The zero-order chi connectivity index (χ0) is 18.3. The Kier molecular flexibility index (Phi) is 7.56. The number of hydrogen-bond donors (Lipinski definition) is 2. The predicted molar refractivity (Wildman–Crippen MR) is 103 cm³/mol. The fourth-order valence-electron chi connectivity index (χ4n) is 2.96. The lowest BCUT2D eigenvalue weighted by atomic mass is 10.2. The molecule has 140 valence electrons. The summed E-state index contributed by atoms with van der Waals surface area (Å²) in [6.07, 6.45) is 3.37. The van der Waals surface area contributed by atoms with Crippen LogP contribution in [0.2, 0.25) is 0 Å². The Bertz CT molecular complexity index is 695. The minimum Gasteiger partial charge on any atom is -0.355 e. The van der Waals surface area contributed by atoms with Crippen LogP contribution < -0.4 is 10.6 Å². The van der Waals surface area contributed by atoms with E-state index in [2.05, 4.69) is 22.5 Å². The van der Waals surface area contributed by atoms with Gasteiger partial charge in [0.15, 0.2) is 15.8 Å². The lowest BCUT2D eigenvalue weighted by Gasteiger charge is -2.17. The standard InChI is InChI=1S/C17H26FN3O2S2/c1-3-24-14-9-8-13(12-14)21-17(19-2)20-10-11-25(22,23)16-7-5-4-6-15(16)18/h4-7,13-14H,3,8-12H2,1-2H3,(H2,19,20,21). The lowest BCUT2D eigenvalue weighted by molar-refractivity contribution is 0.565. The van der Waals surface area contributed by atoms with Gasteiger partial charge in [-0.25, -0.2) is 12.8 Å². The number of halogens is 1. The maximum Gasteiger partial charge on any atom is 0.191 e. The quantitative estimate of drug-likeness (QED) is 0.555. The Morgan fingerprint density at radius 3 is 2.80 bits per heavy atom. The number of nitrogens with zero attached hydrogens (tertiary/aromatic N) is 1. The van der Waals surface area contributed by atoms with Gasteiger partial charge in [0.1, 0.15) is 10.7 Å². The Morgan fingerprint density at radius 1 is 1.36 bits per heavy atom. The van der Waals surface area contributed by atoms with Crippen molar-refractivity contribution in [1.29, 1.82) is 0 Å². The van der Waals surface area contributed by atoms with Crippen LogP contribution in [0.3, 0.4) is 0 Å². The molecule has 1 aromatic carbocycles. The maximum absolute atomic E-state index is 13.7. The molecule has 0 heterocycles. The normalized spacial score (nSPS) is 21.3. The fraction of sp³-hybridized carbons (Fsp3) is 0.588. The van der Waals surface area contributed by atoms with Crippen molar-refractivity contribution in [2.75, 3.05) is 25.1 Å². The molecular formula is C17H26FN3O2S2. The minimum atomic E-state index is -3.66.